The number of nitrogen functional groups attached to an aromatic ring is 1. The summed E-state index contributed by atoms with van der Waals surface area (Å²) in [5, 5.41) is 3.82. The van der Waals surface area contributed by atoms with E-state index in [0.29, 0.717) is 22.5 Å². The highest BCUT2D eigenvalue weighted by atomic mass is 35.5. The van der Waals surface area contributed by atoms with Crippen molar-refractivity contribution in [2.75, 3.05) is 36.1 Å². The second-order valence-corrected chi connectivity index (χ2v) is 7.88. The van der Waals surface area contributed by atoms with Crippen LogP contribution in [0.5, 0.6) is 5.75 Å². The topological polar surface area (TPSA) is 76.3 Å². The van der Waals surface area contributed by atoms with Crippen LogP contribution in [0.15, 0.2) is 42.5 Å². The molecule has 0 atom stereocenters. The smallest absolute Gasteiger partial charge is 0.229 e. The summed E-state index contributed by atoms with van der Waals surface area (Å²) >= 11 is 6.16. The zero-order valence-corrected chi connectivity index (χ0v) is 18.0. The fourth-order valence-electron chi connectivity index (χ4n) is 3.71. The third-order valence-electron chi connectivity index (χ3n) is 5.45. The van der Waals surface area contributed by atoms with Gasteiger partial charge in [0, 0.05) is 35.6 Å². The van der Waals surface area contributed by atoms with Crippen LogP contribution in [0.3, 0.4) is 0 Å². The molecule has 156 valence electrons. The quantitative estimate of drug-likeness (QED) is 0.569. The third-order valence-corrected chi connectivity index (χ3v) is 5.76. The molecule has 7 heteroatoms. The molecule has 0 aliphatic carbocycles. The van der Waals surface area contributed by atoms with Crippen molar-refractivity contribution in [3.63, 3.8) is 0 Å². The molecule has 1 aliphatic heterocycles. The molecule has 0 unspecified atom stereocenters. The van der Waals surface area contributed by atoms with Gasteiger partial charge in [0.05, 0.1) is 17.8 Å². The van der Waals surface area contributed by atoms with Crippen molar-refractivity contribution >= 4 is 34.7 Å². The van der Waals surface area contributed by atoms with E-state index in [4.69, 9.17) is 27.1 Å². The Morgan fingerprint density at radius 2 is 1.77 bits per heavy atom. The number of anilines is 4. The molecule has 1 aromatic heterocycles. The van der Waals surface area contributed by atoms with Crippen LogP contribution >= 0.6 is 11.6 Å². The molecule has 0 spiro atoms. The lowest BCUT2D eigenvalue weighted by atomic mass is 10.1. The number of rotatable bonds is 5. The Balaban J connectivity index is 1.59. The summed E-state index contributed by atoms with van der Waals surface area (Å²) in [6.45, 7) is 4.15. The summed E-state index contributed by atoms with van der Waals surface area (Å²) < 4.78 is 5.34. The molecular weight excluding hydrogens is 398 g/mol. The summed E-state index contributed by atoms with van der Waals surface area (Å²) in [4.78, 5) is 11.5. The first kappa shape index (κ1) is 20.3. The lowest BCUT2D eigenvalue weighted by Crippen LogP contribution is -2.29. The lowest BCUT2D eigenvalue weighted by Gasteiger charge is -2.28. The normalized spacial score (nSPS) is 13.9. The largest absolute Gasteiger partial charge is 0.495 e. The summed E-state index contributed by atoms with van der Waals surface area (Å²) in [5.74, 6) is 1.47. The maximum atomic E-state index is 6.18. The average Bonchev–Trinajstić information content (AvgIpc) is 2.78. The second-order valence-electron chi connectivity index (χ2n) is 7.47. The highest BCUT2D eigenvalue weighted by Gasteiger charge is 2.14. The number of ether oxygens (including phenoxy) is 1. The summed E-state index contributed by atoms with van der Waals surface area (Å²) in [6.07, 6.45) is 3.84. The van der Waals surface area contributed by atoms with Crippen LogP contribution in [0, 0.1) is 6.92 Å². The molecule has 1 saturated heterocycles. The number of hydrogen-bond donors (Lipinski definition) is 2. The number of aromatic nitrogens is 2. The number of piperidine rings is 1. The van der Waals surface area contributed by atoms with Gasteiger partial charge in [-0.3, -0.25) is 0 Å². The summed E-state index contributed by atoms with van der Waals surface area (Å²) in [7, 11) is 1.59. The van der Waals surface area contributed by atoms with Gasteiger partial charge in [0.25, 0.3) is 0 Å². The molecule has 2 heterocycles. The minimum atomic E-state index is 0.432. The standard InChI is InChI=1S/C23H26ClN5O/c1-15-21(16-6-11-19(24)20(14-16)30-2)27-23(28-22(15)25)26-17-7-9-18(10-8-17)29-12-4-3-5-13-29/h6-11,14H,3-5,12-13H2,1-2H3,(H3,25,26,27,28). The Labute approximate surface area is 182 Å². The zero-order valence-electron chi connectivity index (χ0n) is 17.3. The van der Waals surface area contributed by atoms with Crippen LogP contribution in [0.2, 0.25) is 5.02 Å². The van der Waals surface area contributed by atoms with Crippen molar-refractivity contribution < 1.29 is 4.74 Å². The molecule has 2 aromatic carbocycles. The molecule has 0 amide bonds. The molecule has 0 bridgehead atoms. The van der Waals surface area contributed by atoms with Crippen molar-refractivity contribution in [2.24, 2.45) is 0 Å². The molecule has 30 heavy (non-hydrogen) atoms. The van der Waals surface area contributed by atoms with E-state index in [1.807, 2.05) is 31.2 Å². The van der Waals surface area contributed by atoms with Crippen molar-refractivity contribution in [2.45, 2.75) is 26.2 Å². The van der Waals surface area contributed by atoms with E-state index < -0.39 is 0 Å². The number of hydrogen-bond acceptors (Lipinski definition) is 6. The second kappa shape index (κ2) is 8.79. The van der Waals surface area contributed by atoms with Gasteiger partial charge in [0.1, 0.15) is 11.6 Å². The summed E-state index contributed by atoms with van der Waals surface area (Å²) in [5.41, 5.74) is 10.8. The Bertz CT molecular complexity index is 1030. The number of halogens is 1. The highest BCUT2D eigenvalue weighted by molar-refractivity contribution is 6.32. The van der Waals surface area contributed by atoms with Crippen LogP contribution in [0.25, 0.3) is 11.3 Å². The van der Waals surface area contributed by atoms with Crippen molar-refractivity contribution in [1.29, 1.82) is 0 Å². The molecule has 3 N–H and O–H groups in total. The number of methoxy groups -OCH3 is 1. The van der Waals surface area contributed by atoms with Crippen LogP contribution in [0.1, 0.15) is 24.8 Å². The fourth-order valence-corrected chi connectivity index (χ4v) is 3.91. The van der Waals surface area contributed by atoms with Gasteiger partial charge in [0.15, 0.2) is 0 Å². The van der Waals surface area contributed by atoms with Crippen LogP contribution in [0.4, 0.5) is 23.1 Å². The van der Waals surface area contributed by atoms with Gasteiger partial charge in [-0.25, -0.2) is 4.98 Å². The predicted molar refractivity (Wildman–Crippen MR) is 124 cm³/mol. The predicted octanol–water partition coefficient (Wildman–Crippen LogP) is 5.43. The van der Waals surface area contributed by atoms with E-state index in [1.165, 1.54) is 24.9 Å². The Hall–Kier alpha value is -2.99. The Kier molecular flexibility index (Phi) is 5.95. The first-order valence-electron chi connectivity index (χ1n) is 10.1. The minimum Gasteiger partial charge on any atom is -0.495 e. The first-order valence-corrected chi connectivity index (χ1v) is 10.5. The van der Waals surface area contributed by atoms with Crippen molar-refractivity contribution in [1.82, 2.24) is 9.97 Å². The van der Waals surface area contributed by atoms with Gasteiger partial charge in [0.2, 0.25) is 5.95 Å². The minimum absolute atomic E-state index is 0.432. The number of nitrogens with one attached hydrogen (secondary N) is 1. The molecule has 3 aromatic rings. The average molecular weight is 424 g/mol. The molecule has 0 radical (unpaired) electrons. The van der Waals surface area contributed by atoms with Crippen molar-refractivity contribution in [3.8, 4) is 17.0 Å². The maximum Gasteiger partial charge on any atom is 0.229 e. The monoisotopic (exact) mass is 423 g/mol. The SMILES string of the molecule is COc1cc(-c2nc(Nc3ccc(N4CCCCC4)cc3)nc(N)c2C)ccc1Cl. The molecule has 6 nitrogen and oxygen atoms in total. The fraction of sp³-hybridized carbons (Fsp3) is 0.304. The van der Waals surface area contributed by atoms with E-state index >= 15 is 0 Å². The number of nitrogens with zero attached hydrogens (tertiary/aromatic N) is 3. The molecule has 1 aliphatic rings. The van der Waals surface area contributed by atoms with E-state index in [1.54, 1.807) is 13.2 Å². The number of benzene rings is 2. The van der Waals surface area contributed by atoms with Gasteiger partial charge < -0.3 is 20.7 Å². The van der Waals surface area contributed by atoms with Crippen LogP contribution < -0.4 is 20.7 Å². The van der Waals surface area contributed by atoms with Gasteiger partial charge in [-0.05, 0) is 62.6 Å². The first-order chi connectivity index (χ1) is 14.5. The van der Waals surface area contributed by atoms with E-state index in [0.717, 1.165) is 35.6 Å². The maximum absolute atomic E-state index is 6.18. The summed E-state index contributed by atoms with van der Waals surface area (Å²) in [6, 6.07) is 13.9. The highest BCUT2D eigenvalue weighted by Crippen LogP contribution is 2.33. The molecule has 4 rings (SSSR count). The van der Waals surface area contributed by atoms with E-state index in [-0.39, 0.29) is 0 Å². The number of nitrogens with two attached hydrogens (primary N) is 1. The lowest BCUT2D eigenvalue weighted by molar-refractivity contribution is 0.415. The van der Waals surface area contributed by atoms with Crippen LogP contribution in [-0.2, 0) is 0 Å². The molecule has 1 fully saturated rings. The van der Waals surface area contributed by atoms with Gasteiger partial charge in [-0.1, -0.05) is 17.7 Å². The van der Waals surface area contributed by atoms with Gasteiger partial charge in [-0.15, -0.1) is 0 Å². The van der Waals surface area contributed by atoms with E-state index in [2.05, 4.69) is 27.3 Å². The van der Waals surface area contributed by atoms with Gasteiger partial charge >= 0.3 is 0 Å². The molecular formula is C23H26ClN5O. The van der Waals surface area contributed by atoms with Crippen LogP contribution in [-0.4, -0.2) is 30.2 Å². The Morgan fingerprint density at radius 1 is 1.03 bits per heavy atom. The van der Waals surface area contributed by atoms with E-state index in [9.17, 15) is 0 Å². The Morgan fingerprint density at radius 3 is 2.47 bits per heavy atom. The van der Waals surface area contributed by atoms with Gasteiger partial charge in [-0.2, -0.15) is 4.98 Å². The third kappa shape index (κ3) is 4.28. The molecule has 0 saturated carbocycles. The zero-order chi connectivity index (χ0) is 21.1. The van der Waals surface area contributed by atoms with Crippen molar-refractivity contribution in [3.05, 3.63) is 53.1 Å².